The molecule has 0 aliphatic heterocycles. The van der Waals surface area contributed by atoms with Crippen molar-refractivity contribution in [2.75, 3.05) is 11.5 Å². The lowest BCUT2D eigenvalue weighted by molar-refractivity contribution is 0.0429. The third-order valence-corrected chi connectivity index (χ3v) is 2.50. The number of nitrogens with two attached hydrogens (primary N) is 2. The van der Waals surface area contributed by atoms with Gasteiger partial charge in [-0.15, -0.1) is 0 Å². The topological polar surface area (TPSA) is 52.0 Å². The predicted octanol–water partition coefficient (Wildman–Crippen LogP) is 2.99. The summed E-state index contributed by atoms with van der Waals surface area (Å²) >= 11 is 0. The number of halogens is 2. The number of hydrogen-bond donors (Lipinski definition) is 2. The maximum absolute atomic E-state index is 14.1. The third-order valence-electron chi connectivity index (χ3n) is 2.50. The van der Waals surface area contributed by atoms with E-state index in [0.29, 0.717) is 11.4 Å². The Hall–Kier alpha value is -2.10. The molecule has 0 heterocycles. The Kier molecular flexibility index (Phi) is 2.71. The smallest absolute Gasteiger partial charge is 0.298 e. The lowest BCUT2D eigenvalue weighted by Crippen LogP contribution is -2.15. The van der Waals surface area contributed by atoms with Gasteiger partial charge in [0.2, 0.25) is 0 Å². The molecule has 0 aliphatic rings. The molecule has 0 aromatic heterocycles. The minimum atomic E-state index is -3.09. The van der Waals surface area contributed by atoms with E-state index in [9.17, 15) is 8.78 Å². The molecule has 0 unspecified atom stereocenters. The van der Waals surface area contributed by atoms with Crippen LogP contribution in [0.4, 0.5) is 20.2 Å². The fraction of sp³-hybridized carbons (Fsp3) is 0.0769. The Bertz CT molecular complexity index is 491. The van der Waals surface area contributed by atoms with Gasteiger partial charge in [-0.3, -0.25) is 0 Å². The highest BCUT2D eigenvalue weighted by Gasteiger charge is 2.34. The van der Waals surface area contributed by atoms with Gasteiger partial charge < -0.3 is 11.5 Å². The lowest BCUT2D eigenvalue weighted by Gasteiger charge is -2.17. The van der Waals surface area contributed by atoms with Crippen LogP contribution in [0.25, 0.3) is 0 Å². The number of alkyl halides is 2. The summed E-state index contributed by atoms with van der Waals surface area (Å²) in [7, 11) is 0. The number of anilines is 2. The zero-order valence-electron chi connectivity index (χ0n) is 9.03. The van der Waals surface area contributed by atoms with Gasteiger partial charge in [0.15, 0.2) is 0 Å². The van der Waals surface area contributed by atoms with Crippen LogP contribution in [0, 0.1) is 0 Å². The van der Waals surface area contributed by atoms with Gasteiger partial charge in [0.25, 0.3) is 5.92 Å². The minimum absolute atomic E-state index is 0.136. The number of hydrogen-bond acceptors (Lipinski definition) is 2. The van der Waals surface area contributed by atoms with Crippen LogP contribution >= 0.6 is 0 Å². The van der Waals surface area contributed by atoms with Crippen LogP contribution < -0.4 is 11.5 Å². The first-order valence-corrected chi connectivity index (χ1v) is 5.10. The molecule has 4 N–H and O–H groups in total. The summed E-state index contributed by atoms with van der Waals surface area (Å²) in [5.41, 5.74) is 11.4. The predicted molar refractivity (Wildman–Crippen MR) is 64.7 cm³/mol. The number of rotatable bonds is 2. The van der Waals surface area contributed by atoms with Crippen LogP contribution in [-0.2, 0) is 5.92 Å². The Morgan fingerprint density at radius 1 is 0.765 bits per heavy atom. The average molecular weight is 234 g/mol. The molecule has 0 atom stereocenters. The largest absolute Gasteiger partial charge is 0.399 e. The first-order valence-electron chi connectivity index (χ1n) is 5.10. The number of nitrogen functional groups attached to an aromatic ring is 2. The SMILES string of the molecule is Nc1cccc(C(F)(F)c2cccc(N)c2)c1. The summed E-state index contributed by atoms with van der Waals surface area (Å²) in [6, 6.07) is 11.4. The van der Waals surface area contributed by atoms with E-state index in [1.807, 2.05) is 0 Å². The molecule has 17 heavy (non-hydrogen) atoms. The molecule has 4 heteroatoms. The van der Waals surface area contributed by atoms with Gasteiger partial charge >= 0.3 is 0 Å². The van der Waals surface area contributed by atoms with Crippen LogP contribution in [0.5, 0.6) is 0 Å². The van der Waals surface area contributed by atoms with Crippen LogP contribution in [0.15, 0.2) is 48.5 Å². The van der Waals surface area contributed by atoms with E-state index in [-0.39, 0.29) is 11.1 Å². The van der Waals surface area contributed by atoms with Gasteiger partial charge in [-0.05, 0) is 24.3 Å². The van der Waals surface area contributed by atoms with Gasteiger partial charge in [-0.2, -0.15) is 8.78 Å². The molecule has 0 spiro atoms. The van der Waals surface area contributed by atoms with Gasteiger partial charge in [-0.1, -0.05) is 24.3 Å². The molecule has 88 valence electrons. The van der Waals surface area contributed by atoms with Crippen LogP contribution in [0.1, 0.15) is 11.1 Å². The molecule has 0 bridgehead atoms. The minimum Gasteiger partial charge on any atom is -0.399 e. The standard InChI is InChI=1S/C13H12F2N2/c14-13(15,9-3-1-5-11(16)7-9)10-4-2-6-12(17)8-10/h1-8H,16-17H2. The average Bonchev–Trinajstić information content (AvgIpc) is 2.29. The molecular weight excluding hydrogens is 222 g/mol. The van der Waals surface area contributed by atoms with Crippen LogP contribution in [-0.4, -0.2) is 0 Å². The van der Waals surface area contributed by atoms with E-state index in [1.165, 1.54) is 36.4 Å². The Morgan fingerprint density at radius 3 is 1.53 bits per heavy atom. The maximum Gasteiger partial charge on any atom is 0.298 e. The van der Waals surface area contributed by atoms with E-state index < -0.39 is 5.92 Å². The maximum atomic E-state index is 14.1. The summed E-state index contributed by atoms with van der Waals surface area (Å²) in [6.45, 7) is 0. The molecule has 2 aromatic rings. The Morgan fingerprint density at radius 2 is 1.18 bits per heavy atom. The first kappa shape index (κ1) is 11.4. The first-order chi connectivity index (χ1) is 8.00. The van der Waals surface area contributed by atoms with Crippen molar-refractivity contribution in [2.45, 2.75) is 5.92 Å². The van der Waals surface area contributed by atoms with Crippen molar-refractivity contribution in [3.63, 3.8) is 0 Å². The molecule has 0 saturated carbocycles. The van der Waals surface area contributed by atoms with Crippen molar-refractivity contribution in [3.8, 4) is 0 Å². The summed E-state index contributed by atoms with van der Waals surface area (Å²) in [5, 5.41) is 0. The molecule has 2 aromatic carbocycles. The Labute approximate surface area is 97.9 Å². The van der Waals surface area contributed by atoms with Gasteiger partial charge in [0, 0.05) is 22.5 Å². The molecule has 0 radical (unpaired) electrons. The number of benzene rings is 2. The van der Waals surface area contributed by atoms with E-state index in [4.69, 9.17) is 11.5 Å². The van der Waals surface area contributed by atoms with Crippen LogP contribution in [0.2, 0.25) is 0 Å². The van der Waals surface area contributed by atoms with Crippen molar-refractivity contribution in [3.05, 3.63) is 59.7 Å². The van der Waals surface area contributed by atoms with Gasteiger partial charge in [0.1, 0.15) is 0 Å². The normalized spacial score (nSPS) is 11.4. The van der Waals surface area contributed by atoms with Crippen molar-refractivity contribution in [1.82, 2.24) is 0 Å². The van der Waals surface area contributed by atoms with E-state index in [1.54, 1.807) is 12.1 Å². The highest BCUT2D eigenvalue weighted by Crippen LogP contribution is 2.36. The Balaban J connectivity index is 2.49. The monoisotopic (exact) mass is 234 g/mol. The molecule has 0 fully saturated rings. The molecule has 0 saturated heterocycles. The molecular formula is C13H12F2N2. The molecule has 0 amide bonds. The van der Waals surface area contributed by atoms with Crippen molar-refractivity contribution in [1.29, 1.82) is 0 Å². The summed E-state index contributed by atoms with van der Waals surface area (Å²) in [4.78, 5) is 0. The second-order valence-electron chi connectivity index (χ2n) is 3.83. The molecule has 2 rings (SSSR count). The lowest BCUT2D eigenvalue weighted by atomic mass is 9.99. The third kappa shape index (κ3) is 2.20. The van der Waals surface area contributed by atoms with Gasteiger partial charge in [-0.25, -0.2) is 0 Å². The second kappa shape index (κ2) is 4.05. The zero-order valence-corrected chi connectivity index (χ0v) is 9.03. The quantitative estimate of drug-likeness (QED) is 0.785. The fourth-order valence-corrected chi connectivity index (χ4v) is 1.63. The van der Waals surface area contributed by atoms with Gasteiger partial charge in [0.05, 0.1) is 0 Å². The highest BCUT2D eigenvalue weighted by molar-refractivity contribution is 5.48. The van der Waals surface area contributed by atoms with Crippen LogP contribution in [0.3, 0.4) is 0 Å². The summed E-state index contributed by atoms with van der Waals surface area (Å²) in [5.74, 6) is -3.09. The second-order valence-corrected chi connectivity index (χ2v) is 3.83. The summed E-state index contributed by atoms with van der Waals surface area (Å²) < 4.78 is 28.3. The van der Waals surface area contributed by atoms with Crippen molar-refractivity contribution < 1.29 is 8.78 Å². The van der Waals surface area contributed by atoms with E-state index in [0.717, 1.165) is 0 Å². The fourth-order valence-electron chi connectivity index (χ4n) is 1.63. The zero-order chi connectivity index (χ0) is 12.5. The molecule has 0 aliphatic carbocycles. The van der Waals surface area contributed by atoms with Crippen molar-refractivity contribution >= 4 is 11.4 Å². The van der Waals surface area contributed by atoms with E-state index in [2.05, 4.69) is 0 Å². The van der Waals surface area contributed by atoms with E-state index >= 15 is 0 Å². The highest BCUT2D eigenvalue weighted by atomic mass is 19.3. The van der Waals surface area contributed by atoms with Crippen molar-refractivity contribution in [2.24, 2.45) is 0 Å². The molecule has 2 nitrogen and oxygen atoms in total. The summed E-state index contributed by atoms with van der Waals surface area (Å²) in [6.07, 6.45) is 0.